The Morgan fingerprint density at radius 1 is 1.47 bits per heavy atom. The number of carbonyl (C=O) groups excluding carboxylic acids is 1. The summed E-state index contributed by atoms with van der Waals surface area (Å²) in [5.74, 6) is -0.144. The van der Waals surface area contributed by atoms with Crippen LogP contribution in [0.1, 0.15) is 42.1 Å². The third kappa shape index (κ3) is 2.94. The van der Waals surface area contributed by atoms with E-state index >= 15 is 0 Å². The van der Waals surface area contributed by atoms with Gasteiger partial charge in [0.05, 0.1) is 11.5 Å². The average Bonchev–Trinajstić information content (AvgIpc) is 3.20. The first-order chi connectivity index (χ1) is 9.11. The highest BCUT2D eigenvalue weighted by Crippen LogP contribution is 2.47. The van der Waals surface area contributed by atoms with Crippen LogP contribution in [0.5, 0.6) is 0 Å². The van der Waals surface area contributed by atoms with Crippen LogP contribution in [0, 0.1) is 11.3 Å². The first-order valence-electron chi connectivity index (χ1n) is 6.55. The molecule has 2 rings (SSSR count). The quantitative estimate of drug-likeness (QED) is 0.845. The van der Waals surface area contributed by atoms with Gasteiger partial charge in [0, 0.05) is 18.2 Å². The zero-order valence-corrected chi connectivity index (χ0v) is 11.0. The minimum absolute atomic E-state index is 0.0499. The van der Waals surface area contributed by atoms with E-state index in [9.17, 15) is 4.79 Å². The van der Waals surface area contributed by atoms with Crippen molar-refractivity contribution in [2.45, 2.75) is 37.6 Å². The smallest absolute Gasteiger partial charge is 0.251 e. The number of hydrogen-bond donors (Lipinski definition) is 2. The van der Waals surface area contributed by atoms with E-state index in [4.69, 9.17) is 10.4 Å². The van der Waals surface area contributed by atoms with Gasteiger partial charge in [0.1, 0.15) is 0 Å². The molecular formula is C15H18N2O2. The summed E-state index contributed by atoms with van der Waals surface area (Å²) in [5.41, 5.74) is 1.27. The molecular weight excluding hydrogens is 240 g/mol. The summed E-state index contributed by atoms with van der Waals surface area (Å²) in [4.78, 5) is 11.9. The van der Waals surface area contributed by atoms with Crippen LogP contribution in [0.25, 0.3) is 0 Å². The number of amides is 1. The molecule has 4 heteroatoms. The van der Waals surface area contributed by atoms with Gasteiger partial charge in [-0.15, -0.1) is 0 Å². The standard InChI is InChI=1S/C15H18N2O2/c1-11(6-9-18)17-14(19)12-2-4-13(5-3-12)15(10-16)7-8-15/h2-5,11,18H,6-9H2,1H3,(H,17,19). The summed E-state index contributed by atoms with van der Waals surface area (Å²) in [7, 11) is 0. The van der Waals surface area contributed by atoms with Gasteiger partial charge in [-0.05, 0) is 43.9 Å². The number of benzene rings is 1. The molecule has 1 aliphatic rings. The molecule has 0 spiro atoms. The van der Waals surface area contributed by atoms with Crippen LogP contribution in [0.15, 0.2) is 24.3 Å². The van der Waals surface area contributed by atoms with E-state index in [2.05, 4.69) is 11.4 Å². The van der Waals surface area contributed by atoms with Crippen molar-refractivity contribution in [1.82, 2.24) is 5.32 Å². The number of aliphatic hydroxyl groups is 1. The fourth-order valence-electron chi connectivity index (χ4n) is 2.10. The molecule has 1 aliphatic carbocycles. The molecule has 1 aromatic rings. The lowest BCUT2D eigenvalue weighted by atomic mass is 9.96. The Kier molecular flexibility index (Phi) is 3.87. The molecule has 1 amide bonds. The van der Waals surface area contributed by atoms with Crippen LogP contribution in [-0.4, -0.2) is 23.7 Å². The maximum absolute atomic E-state index is 11.9. The molecule has 1 aromatic carbocycles. The van der Waals surface area contributed by atoms with Gasteiger partial charge in [0.2, 0.25) is 0 Å². The number of rotatable bonds is 5. The number of carbonyl (C=O) groups is 1. The Bertz CT molecular complexity index is 498. The minimum atomic E-state index is -0.306. The van der Waals surface area contributed by atoms with E-state index < -0.39 is 0 Å². The third-order valence-corrected chi connectivity index (χ3v) is 3.60. The zero-order valence-electron chi connectivity index (χ0n) is 11.0. The maximum atomic E-state index is 11.9. The van der Waals surface area contributed by atoms with Crippen molar-refractivity contribution in [1.29, 1.82) is 5.26 Å². The van der Waals surface area contributed by atoms with Crippen LogP contribution >= 0.6 is 0 Å². The number of nitrogens with one attached hydrogen (secondary N) is 1. The summed E-state index contributed by atoms with van der Waals surface area (Å²) in [5, 5.41) is 20.7. The van der Waals surface area contributed by atoms with Gasteiger partial charge in [-0.1, -0.05) is 12.1 Å². The van der Waals surface area contributed by atoms with Gasteiger partial charge in [-0.2, -0.15) is 5.26 Å². The van der Waals surface area contributed by atoms with Gasteiger partial charge >= 0.3 is 0 Å². The normalized spacial score (nSPS) is 17.3. The maximum Gasteiger partial charge on any atom is 0.251 e. The molecule has 0 bridgehead atoms. The van der Waals surface area contributed by atoms with Crippen LogP contribution in [0.4, 0.5) is 0 Å². The highest BCUT2D eigenvalue weighted by atomic mass is 16.3. The average molecular weight is 258 g/mol. The molecule has 0 radical (unpaired) electrons. The predicted molar refractivity (Wildman–Crippen MR) is 71.6 cm³/mol. The predicted octanol–water partition coefficient (Wildman–Crippen LogP) is 1.74. The number of aliphatic hydroxyl groups excluding tert-OH is 1. The van der Waals surface area contributed by atoms with E-state index in [-0.39, 0.29) is 24.0 Å². The highest BCUT2D eigenvalue weighted by molar-refractivity contribution is 5.94. The molecule has 0 aliphatic heterocycles. The van der Waals surface area contributed by atoms with Gasteiger partial charge in [-0.25, -0.2) is 0 Å². The van der Waals surface area contributed by atoms with Crippen molar-refractivity contribution in [2.24, 2.45) is 0 Å². The van der Waals surface area contributed by atoms with Crippen LogP contribution in [0.3, 0.4) is 0 Å². The molecule has 2 N–H and O–H groups in total. The minimum Gasteiger partial charge on any atom is -0.396 e. The van der Waals surface area contributed by atoms with Gasteiger partial charge < -0.3 is 10.4 Å². The Morgan fingerprint density at radius 3 is 2.58 bits per heavy atom. The van der Waals surface area contributed by atoms with Crippen molar-refractivity contribution in [3.8, 4) is 6.07 Å². The second kappa shape index (κ2) is 5.41. The second-order valence-electron chi connectivity index (χ2n) is 5.16. The summed E-state index contributed by atoms with van der Waals surface area (Å²) in [6.07, 6.45) is 2.35. The summed E-state index contributed by atoms with van der Waals surface area (Å²) in [6, 6.07) is 9.53. The Morgan fingerprint density at radius 2 is 2.11 bits per heavy atom. The number of nitriles is 1. The van der Waals surface area contributed by atoms with Gasteiger partial charge in [0.25, 0.3) is 5.91 Å². The molecule has 19 heavy (non-hydrogen) atoms. The second-order valence-corrected chi connectivity index (χ2v) is 5.16. The molecule has 1 fully saturated rings. The van der Waals surface area contributed by atoms with Crippen molar-refractivity contribution in [2.75, 3.05) is 6.61 Å². The lowest BCUT2D eigenvalue weighted by Gasteiger charge is -2.13. The fourth-order valence-corrected chi connectivity index (χ4v) is 2.10. The molecule has 100 valence electrons. The van der Waals surface area contributed by atoms with Crippen molar-refractivity contribution < 1.29 is 9.90 Å². The Labute approximate surface area is 113 Å². The molecule has 1 saturated carbocycles. The molecule has 1 unspecified atom stereocenters. The van der Waals surface area contributed by atoms with Crippen molar-refractivity contribution in [3.05, 3.63) is 35.4 Å². The molecule has 0 aromatic heterocycles. The zero-order chi connectivity index (χ0) is 13.9. The van der Waals surface area contributed by atoms with Crippen molar-refractivity contribution >= 4 is 5.91 Å². The van der Waals surface area contributed by atoms with E-state index in [0.717, 1.165) is 18.4 Å². The first-order valence-corrected chi connectivity index (χ1v) is 6.55. The molecule has 0 saturated heterocycles. The molecule has 0 heterocycles. The number of nitrogens with zero attached hydrogens (tertiary/aromatic N) is 1. The molecule has 1 atom stereocenters. The van der Waals surface area contributed by atoms with E-state index in [1.807, 2.05) is 19.1 Å². The summed E-state index contributed by atoms with van der Waals surface area (Å²) < 4.78 is 0. The topological polar surface area (TPSA) is 73.1 Å². The van der Waals surface area contributed by atoms with Crippen LogP contribution < -0.4 is 5.32 Å². The monoisotopic (exact) mass is 258 g/mol. The Balaban J connectivity index is 2.03. The first kappa shape index (κ1) is 13.6. The highest BCUT2D eigenvalue weighted by Gasteiger charge is 2.44. The third-order valence-electron chi connectivity index (χ3n) is 3.60. The van der Waals surface area contributed by atoms with E-state index in [0.29, 0.717) is 12.0 Å². The van der Waals surface area contributed by atoms with Crippen molar-refractivity contribution in [3.63, 3.8) is 0 Å². The largest absolute Gasteiger partial charge is 0.396 e. The molecule has 4 nitrogen and oxygen atoms in total. The van der Waals surface area contributed by atoms with Crippen LogP contribution in [-0.2, 0) is 5.41 Å². The van der Waals surface area contributed by atoms with Crippen LogP contribution in [0.2, 0.25) is 0 Å². The number of hydrogen-bond acceptors (Lipinski definition) is 3. The van der Waals surface area contributed by atoms with Gasteiger partial charge in [0.15, 0.2) is 0 Å². The lowest BCUT2D eigenvalue weighted by Crippen LogP contribution is -2.33. The summed E-state index contributed by atoms with van der Waals surface area (Å²) >= 11 is 0. The van der Waals surface area contributed by atoms with Gasteiger partial charge in [-0.3, -0.25) is 4.79 Å². The summed E-state index contributed by atoms with van der Waals surface area (Å²) in [6.45, 7) is 1.92. The lowest BCUT2D eigenvalue weighted by molar-refractivity contribution is 0.0934. The van der Waals surface area contributed by atoms with E-state index in [1.54, 1.807) is 12.1 Å². The van der Waals surface area contributed by atoms with E-state index in [1.165, 1.54) is 0 Å². The SMILES string of the molecule is CC(CCO)NC(=O)c1ccc(C2(C#N)CC2)cc1. The fraction of sp³-hybridized carbons (Fsp3) is 0.467. The Hall–Kier alpha value is -1.86.